The van der Waals surface area contributed by atoms with Crippen molar-refractivity contribution in [2.24, 2.45) is 0 Å². The molecule has 1 atom stereocenters. The standard InChI is InChI=1S/C15H14BrClFNO/c1-15(9-20,13-6-5-11(18)8-14(13)17)19-12-4-2-3-10(16)7-12/h2-8,19-20H,9H2,1H3. The molecule has 5 heteroatoms. The van der Waals surface area contributed by atoms with Crippen LogP contribution in [0, 0.1) is 5.82 Å². The van der Waals surface area contributed by atoms with Gasteiger partial charge in [-0.25, -0.2) is 4.39 Å². The van der Waals surface area contributed by atoms with E-state index in [1.54, 1.807) is 6.07 Å². The fraction of sp³-hybridized carbons (Fsp3) is 0.200. The third-order valence-corrected chi connectivity index (χ3v) is 3.89. The van der Waals surface area contributed by atoms with Crippen molar-refractivity contribution in [3.63, 3.8) is 0 Å². The Hall–Kier alpha value is -1.10. The summed E-state index contributed by atoms with van der Waals surface area (Å²) in [6.45, 7) is 1.64. The number of aliphatic hydroxyl groups is 1. The third-order valence-electron chi connectivity index (χ3n) is 3.09. The van der Waals surface area contributed by atoms with Crippen molar-refractivity contribution in [3.05, 3.63) is 63.3 Å². The zero-order valence-corrected chi connectivity index (χ0v) is 13.2. The van der Waals surface area contributed by atoms with E-state index in [4.69, 9.17) is 11.6 Å². The first kappa shape index (κ1) is 15.3. The van der Waals surface area contributed by atoms with Gasteiger partial charge in [-0.05, 0) is 42.8 Å². The van der Waals surface area contributed by atoms with E-state index in [0.717, 1.165) is 10.2 Å². The first-order valence-electron chi connectivity index (χ1n) is 6.05. The van der Waals surface area contributed by atoms with Gasteiger partial charge in [-0.1, -0.05) is 39.7 Å². The van der Waals surface area contributed by atoms with Crippen molar-refractivity contribution in [2.75, 3.05) is 11.9 Å². The van der Waals surface area contributed by atoms with Gasteiger partial charge in [0.2, 0.25) is 0 Å². The molecule has 106 valence electrons. The van der Waals surface area contributed by atoms with E-state index in [9.17, 15) is 9.50 Å². The molecule has 0 heterocycles. The predicted molar refractivity (Wildman–Crippen MR) is 83.6 cm³/mol. The molecule has 0 saturated carbocycles. The molecule has 0 radical (unpaired) electrons. The summed E-state index contributed by atoms with van der Waals surface area (Å²) in [7, 11) is 0. The summed E-state index contributed by atoms with van der Waals surface area (Å²) < 4.78 is 14.1. The second-order valence-corrected chi connectivity index (χ2v) is 6.07. The van der Waals surface area contributed by atoms with Gasteiger partial charge in [-0.2, -0.15) is 0 Å². The minimum Gasteiger partial charge on any atom is -0.394 e. The number of rotatable bonds is 4. The van der Waals surface area contributed by atoms with Crippen molar-refractivity contribution in [1.82, 2.24) is 0 Å². The van der Waals surface area contributed by atoms with Gasteiger partial charge in [0, 0.05) is 15.2 Å². The van der Waals surface area contributed by atoms with Gasteiger partial charge in [0.1, 0.15) is 5.82 Å². The molecule has 0 aromatic heterocycles. The number of nitrogens with one attached hydrogen (secondary N) is 1. The van der Waals surface area contributed by atoms with Crippen LogP contribution in [0.3, 0.4) is 0 Å². The van der Waals surface area contributed by atoms with E-state index in [2.05, 4.69) is 21.2 Å². The maximum atomic E-state index is 13.1. The van der Waals surface area contributed by atoms with Gasteiger partial charge in [-0.3, -0.25) is 0 Å². The molecular formula is C15H14BrClFNO. The van der Waals surface area contributed by atoms with Gasteiger partial charge < -0.3 is 10.4 Å². The zero-order chi connectivity index (χ0) is 14.8. The summed E-state index contributed by atoms with van der Waals surface area (Å²) in [6, 6.07) is 11.7. The lowest BCUT2D eigenvalue weighted by Crippen LogP contribution is -2.36. The average molecular weight is 359 g/mol. The van der Waals surface area contributed by atoms with E-state index in [-0.39, 0.29) is 11.6 Å². The molecule has 2 aromatic carbocycles. The maximum absolute atomic E-state index is 13.1. The van der Waals surface area contributed by atoms with Crippen LogP contribution in [0.4, 0.5) is 10.1 Å². The number of halogens is 3. The third kappa shape index (κ3) is 3.32. The highest BCUT2D eigenvalue weighted by Gasteiger charge is 2.28. The first-order valence-corrected chi connectivity index (χ1v) is 7.22. The fourth-order valence-electron chi connectivity index (χ4n) is 2.01. The maximum Gasteiger partial charge on any atom is 0.124 e. The lowest BCUT2D eigenvalue weighted by atomic mass is 9.92. The zero-order valence-electron chi connectivity index (χ0n) is 10.8. The topological polar surface area (TPSA) is 32.3 Å². The largest absolute Gasteiger partial charge is 0.394 e. The Morgan fingerprint density at radius 3 is 2.65 bits per heavy atom. The van der Waals surface area contributed by atoms with Gasteiger partial charge in [0.25, 0.3) is 0 Å². The van der Waals surface area contributed by atoms with Crippen molar-refractivity contribution < 1.29 is 9.50 Å². The predicted octanol–water partition coefficient (Wildman–Crippen LogP) is 4.56. The van der Waals surface area contributed by atoms with Crippen LogP contribution < -0.4 is 5.32 Å². The molecule has 0 spiro atoms. The van der Waals surface area contributed by atoms with Crippen LogP contribution in [0.5, 0.6) is 0 Å². The Kier molecular flexibility index (Phi) is 4.68. The summed E-state index contributed by atoms with van der Waals surface area (Å²) in [5.41, 5.74) is 0.672. The van der Waals surface area contributed by atoms with Crippen LogP contribution in [0.25, 0.3) is 0 Å². The highest BCUT2D eigenvalue weighted by Crippen LogP contribution is 2.32. The second-order valence-electron chi connectivity index (χ2n) is 4.75. The number of anilines is 1. The normalized spacial score (nSPS) is 13.8. The SMILES string of the molecule is CC(CO)(Nc1cccc(Br)c1)c1ccc(F)cc1Cl. The van der Waals surface area contributed by atoms with E-state index in [1.165, 1.54) is 12.1 Å². The fourth-order valence-corrected chi connectivity index (χ4v) is 2.79. The smallest absolute Gasteiger partial charge is 0.124 e. The summed E-state index contributed by atoms with van der Waals surface area (Å²) in [5.74, 6) is -0.401. The number of hydrogen-bond donors (Lipinski definition) is 2. The molecule has 2 nitrogen and oxygen atoms in total. The summed E-state index contributed by atoms with van der Waals surface area (Å²) in [5, 5.41) is 13.3. The molecule has 0 bridgehead atoms. The minimum atomic E-state index is -0.800. The number of benzene rings is 2. The number of aliphatic hydroxyl groups excluding tert-OH is 1. The second kappa shape index (κ2) is 6.12. The molecule has 0 aliphatic heterocycles. The monoisotopic (exact) mass is 357 g/mol. The van der Waals surface area contributed by atoms with Crippen LogP contribution in [-0.4, -0.2) is 11.7 Å². The molecule has 0 amide bonds. The Morgan fingerprint density at radius 1 is 1.30 bits per heavy atom. The van der Waals surface area contributed by atoms with Crippen molar-refractivity contribution in [1.29, 1.82) is 0 Å². The molecule has 2 rings (SSSR count). The van der Waals surface area contributed by atoms with Crippen LogP contribution >= 0.6 is 27.5 Å². The summed E-state index contributed by atoms with van der Waals surface area (Å²) in [4.78, 5) is 0. The minimum absolute atomic E-state index is 0.176. The lowest BCUT2D eigenvalue weighted by molar-refractivity contribution is 0.224. The Bertz CT molecular complexity index is 623. The molecular weight excluding hydrogens is 345 g/mol. The lowest BCUT2D eigenvalue weighted by Gasteiger charge is -2.31. The molecule has 20 heavy (non-hydrogen) atoms. The summed E-state index contributed by atoms with van der Waals surface area (Å²) in [6.07, 6.45) is 0. The van der Waals surface area contributed by atoms with E-state index >= 15 is 0 Å². The van der Waals surface area contributed by atoms with E-state index in [1.807, 2.05) is 31.2 Å². The number of hydrogen-bond acceptors (Lipinski definition) is 2. The van der Waals surface area contributed by atoms with Crippen LogP contribution in [0.15, 0.2) is 46.9 Å². The molecule has 2 N–H and O–H groups in total. The van der Waals surface area contributed by atoms with Gasteiger partial charge in [0.05, 0.1) is 12.1 Å². The van der Waals surface area contributed by atoms with Crippen LogP contribution in [-0.2, 0) is 5.54 Å². The molecule has 2 aromatic rings. The molecule has 0 aliphatic rings. The van der Waals surface area contributed by atoms with Crippen molar-refractivity contribution >= 4 is 33.2 Å². The molecule has 0 aliphatic carbocycles. The van der Waals surface area contributed by atoms with Crippen molar-refractivity contribution in [2.45, 2.75) is 12.5 Å². The highest BCUT2D eigenvalue weighted by atomic mass is 79.9. The van der Waals surface area contributed by atoms with Crippen LogP contribution in [0.2, 0.25) is 5.02 Å². The van der Waals surface area contributed by atoms with E-state index in [0.29, 0.717) is 5.56 Å². The molecule has 0 saturated heterocycles. The van der Waals surface area contributed by atoms with Gasteiger partial charge in [0.15, 0.2) is 0 Å². The van der Waals surface area contributed by atoms with Gasteiger partial charge in [-0.15, -0.1) is 0 Å². The Labute approximate surface area is 130 Å². The summed E-state index contributed by atoms with van der Waals surface area (Å²) >= 11 is 9.48. The first-order chi connectivity index (χ1) is 9.44. The molecule has 0 fully saturated rings. The van der Waals surface area contributed by atoms with E-state index < -0.39 is 11.4 Å². The molecule has 1 unspecified atom stereocenters. The van der Waals surface area contributed by atoms with Crippen molar-refractivity contribution in [3.8, 4) is 0 Å². The Balaban J connectivity index is 2.38. The van der Waals surface area contributed by atoms with Crippen LogP contribution in [0.1, 0.15) is 12.5 Å². The quantitative estimate of drug-likeness (QED) is 0.839. The van der Waals surface area contributed by atoms with Gasteiger partial charge >= 0.3 is 0 Å². The average Bonchev–Trinajstić information content (AvgIpc) is 2.38. The Morgan fingerprint density at radius 2 is 2.05 bits per heavy atom. The highest BCUT2D eigenvalue weighted by molar-refractivity contribution is 9.10.